The summed E-state index contributed by atoms with van der Waals surface area (Å²) in [5, 5.41) is 9.06. The number of rotatable bonds is 6. The van der Waals surface area contributed by atoms with E-state index in [2.05, 4.69) is 89.4 Å². The van der Waals surface area contributed by atoms with Crippen LogP contribution in [0.2, 0.25) is 0 Å². The standard InChI is InChI=1S/C24H29N4S2/c1-6-27-19-10-8-17(25-4)14-21(19)29-23(27)12-16(3)13-24-28(7-2)20-11-9-18(26-5)15-22(20)30-24/h8-15,25-26H,6-7H2,1-5H3/q+1. The number of hydrogen-bond acceptors (Lipinski definition) is 5. The fourth-order valence-corrected chi connectivity index (χ4v) is 6.37. The van der Waals surface area contributed by atoms with E-state index in [4.69, 9.17) is 0 Å². The first kappa shape index (κ1) is 20.8. The summed E-state index contributed by atoms with van der Waals surface area (Å²) < 4.78 is 3.71. The van der Waals surface area contributed by atoms with Crippen LogP contribution >= 0.6 is 23.1 Å². The second kappa shape index (κ2) is 8.74. The predicted molar refractivity (Wildman–Crippen MR) is 134 cm³/mol. The smallest absolute Gasteiger partial charge is 0.262 e. The highest BCUT2D eigenvalue weighted by Gasteiger charge is 2.24. The summed E-state index contributed by atoms with van der Waals surface area (Å²) in [7, 11) is 3.94. The first-order chi connectivity index (χ1) is 14.6. The quantitative estimate of drug-likeness (QED) is 0.452. The van der Waals surface area contributed by atoms with Crippen LogP contribution in [0, 0.1) is 0 Å². The Morgan fingerprint density at radius 1 is 1.07 bits per heavy atom. The van der Waals surface area contributed by atoms with Crippen molar-refractivity contribution in [2.75, 3.05) is 36.2 Å². The lowest BCUT2D eigenvalue weighted by Crippen LogP contribution is -2.33. The Bertz CT molecular complexity index is 1140. The zero-order valence-electron chi connectivity index (χ0n) is 18.2. The molecular formula is C24H29N4S2+. The molecule has 30 heavy (non-hydrogen) atoms. The van der Waals surface area contributed by atoms with Gasteiger partial charge in [-0.3, -0.25) is 0 Å². The molecule has 2 N–H and O–H groups in total. The van der Waals surface area contributed by atoms with Gasteiger partial charge in [0, 0.05) is 49.1 Å². The number of allylic oxidation sites excluding steroid dienone is 2. The summed E-state index contributed by atoms with van der Waals surface area (Å²) in [5.41, 5.74) is 6.17. The van der Waals surface area contributed by atoms with E-state index in [0.717, 1.165) is 24.5 Å². The Morgan fingerprint density at radius 2 is 1.80 bits per heavy atom. The molecule has 4 rings (SSSR count). The summed E-state index contributed by atoms with van der Waals surface area (Å²) >= 11 is 3.70. The molecule has 0 amide bonds. The molecule has 0 aliphatic carbocycles. The minimum absolute atomic E-state index is 0.961. The summed E-state index contributed by atoms with van der Waals surface area (Å²) in [5.74, 6) is 0. The fraction of sp³-hybridized carbons (Fsp3) is 0.292. The highest BCUT2D eigenvalue weighted by Crippen LogP contribution is 2.47. The molecule has 0 saturated carbocycles. The number of aryl methyl sites for hydroxylation is 1. The molecule has 4 nitrogen and oxygen atoms in total. The second-order valence-electron chi connectivity index (χ2n) is 7.27. The molecule has 0 spiro atoms. The van der Waals surface area contributed by atoms with Gasteiger partial charge < -0.3 is 15.5 Å². The number of thiazole rings is 1. The molecule has 0 radical (unpaired) electrons. The Labute approximate surface area is 187 Å². The molecule has 2 heterocycles. The molecule has 0 unspecified atom stereocenters. The molecule has 2 aromatic carbocycles. The summed E-state index contributed by atoms with van der Waals surface area (Å²) in [6.45, 7) is 8.55. The van der Waals surface area contributed by atoms with Crippen LogP contribution in [0.25, 0.3) is 16.3 Å². The van der Waals surface area contributed by atoms with Gasteiger partial charge in [0.15, 0.2) is 0 Å². The number of thioether (sulfide) groups is 1. The van der Waals surface area contributed by atoms with Crippen molar-refractivity contribution < 1.29 is 4.57 Å². The summed E-state index contributed by atoms with van der Waals surface area (Å²) in [6.07, 6.45) is 4.63. The molecule has 0 saturated heterocycles. The Hall–Kier alpha value is -2.44. The van der Waals surface area contributed by atoms with E-state index in [1.165, 1.54) is 36.4 Å². The van der Waals surface area contributed by atoms with E-state index in [0.29, 0.717) is 0 Å². The lowest BCUT2D eigenvalue weighted by atomic mass is 10.2. The number of hydrogen-bond donors (Lipinski definition) is 2. The molecule has 0 bridgehead atoms. The van der Waals surface area contributed by atoms with Crippen molar-refractivity contribution in [3.05, 3.63) is 58.1 Å². The van der Waals surface area contributed by atoms with Gasteiger partial charge in [-0.15, -0.1) is 0 Å². The van der Waals surface area contributed by atoms with Gasteiger partial charge in [-0.25, -0.2) is 0 Å². The van der Waals surface area contributed by atoms with E-state index in [1.807, 2.05) is 37.2 Å². The first-order valence-electron chi connectivity index (χ1n) is 10.4. The van der Waals surface area contributed by atoms with Crippen LogP contribution in [0.5, 0.6) is 0 Å². The maximum Gasteiger partial charge on any atom is 0.262 e. The van der Waals surface area contributed by atoms with Gasteiger partial charge in [0.25, 0.3) is 5.01 Å². The number of fused-ring (bicyclic) bond motifs is 2. The number of benzene rings is 2. The molecule has 0 fully saturated rings. The fourth-order valence-electron chi connectivity index (χ4n) is 3.82. The van der Waals surface area contributed by atoms with Crippen LogP contribution in [0.15, 0.2) is 58.0 Å². The van der Waals surface area contributed by atoms with Gasteiger partial charge in [-0.2, -0.15) is 4.57 Å². The minimum Gasteiger partial charge on any atom is -0.388 e. The highest BCUT2D eigenvalue weighted by molar-refractivity contribution is 8.03. The first-order valence-corrected chi connectivity index (χ1v) is 12.0. The van der Waals surface area contributed by atoms with E-state index < -0.39 is 0 Å². The monoisotopic (exact) mass is 437 g/mol. The van der Waals surface area contributed by atoms with E-state index in [-0.39, 0.29) is 0 Å². The van der Waals surface area contributed by atoms with Crippen LogP contribution in [0.1, 0.15) is 25.8 Å². The van der Waals surface area contributed by atoms with Crippen LogP contribution in [0.4, 0.5) is 17.1 Å². The lowest BCUT2D eigenvalue weighted by Gasteiger charge is -2.18. The van der Waals surface area contributed by atoms with Crippen molar-refractivity contribution in [3.8, 4) is 0 Å². The number of anilines is 3. The van der Waals surface area contributed by atoms with Gasteiger partial charge in [-0.1, -0.05) is 23.1 Å². The highest BCUT2D eigenvalue weighted by atomic mass is 32.2. The van der Waals surface area contributed by atoms with Crippen LogP contribution in [-0.4, -0.2) is 20.6 Å². The molecule has 0 atom stereocenters. The van der Waals surface area contributed by atoms with Crippen LogP contribution in [0.3, 0.4) is 0 Å². The topological polar surface area (TPSA) is 31.2 Å². The van der Waals surface area contributed by atoms with Crippen LogP contribution in [-0.2, 0) is 6.54 Å². The van der Waals surface area contributed by atoms with Gasteiger partial charge in [0.2, 0.25) is 5.52 Å². The van der Waals surface area contributed by atoms with Crippen molar-refractivity contribution in [2.24, 2.45) is 0 Å². The van der Waals surface area contributed by atoms with Crippen molar-refractivity contribution in [2.45, 2.75) is 32.2 Å². The molecule has 6 heteroatoms. The van der Waals surface area contributed by atoms with E-state index in [9.17, 15) is 0 Å². The van der Waals surface area contributed by atoms with Gasteiger partial charge >= 0.3 is 0 Å². The third-order valence-corrected chi connectivity index (χ3v) is 7.56. The normalized spacial score (nSPS) is 15.2. The average Bonchev–Trinajstić information content (AvgIpc) is 3.28. The SMILES string of the molecule is CCN1/C(=C/C(C)=C/c2sc3cc(NC)ccc3[n+]2CC)Sc2cc(NC)ccc21. The number of nitrogens with zero attached hydrogens (tertiary/aromatic N) is 2. The summed E-state index contributed by atoms with van der Waals surface area (Å²) in [6, 6.07) is 13.2. The van der Waals surface area contributed by atoms with Crippen LogP contribution < -0.4 is 20.1 Å². The number of nitrogens with one attached hydrogen (secondary N) is 2. The van der Waals surface area contributed by atoms with E-state index in [1.54, 1.807) is 0 Å². The molecule has 1 aliphatic rings. The Kier molecular flexibility index (Phi) is 6.06. The molecular weight excluding hydrogens is 408 g/mol. The zero-order chi connectivity index (χ0) is 21.3. The largest absolute Gasteiger partial charge is 0.388 e. The predicted octanol–water partition coefficient (Wildman–Crippen LogP) is 6.17. The Morgan fingerprint density at radius 3 is 2.50 bits per heavy atom. The lowest BCUT2D eigenvalue weighted by molar-refractivity contribution is -0.665. The zero-order valence-corrected chi connectivity index (χ0v) is 19.9. The number of aromatic nitrogens is 1. The molecule has 1 aliphatic heterocycles. The maximum atomic E-state index is 3.24. The van der Waals surface area contributed by atoms with Crippen molar-refractivity contribution in [1.82, 2.24) is 0 Å². The van der Waals surface area contributed by atoms with Gasteiger partial charge in [0.1, 0.15) is 11.2 Å². The second-order valence-corrected chi connectivity index (χ2v) is 9.39. The molecule has 3 aromatic rings. The Balaban J connectivity index is 1.69. The van der Waals surface area contributed by atoms with Crippen molar-refractivity contribution >= 4 is 56.5 Å². The molecule has 156 valence electrons. The van der Waals surface area contributed by atoms with Gasteiger partial charge in [-0.05, 0) is 62.8 Å². The minimum atomic E-state index is 0.961. The maximum absolute atomic E-state index is 3.24. The summed E-state index contributed by atoms with van der Waals surface area (Å²) in [4.78, 5) is 3.71. The third kappa shape index (κ3) is 3.82. The van der Waals surface area contributed by atoms with Crippen molar-refractivity contribution in [3.63, 3.8) is 0 Å². The van der Waals surface area contributed by atoms with Gasteiger partial charge in [0.05, 0.1) is 10.7 Å². The van der Waals surface area contributed by atoms with E-state index >= 15 is 0 Å². The van der Waals surface area contributed by atoms with Crippen molar-refractivity contribution in [1.29, 1.82) is 0 Å². The third-order valence-electron chi connectivity index (χ3n) is 5.37. The average molecular weight is 438 g/mol. The molecule has 1 aromatic heterocycles.